The predicted molar refractivity (Wildman–Crippen MR) is 85.5 cm³/mol. The Bertz CT molecular complexity index is 428. The van der Waals surface area contributed by atoms with Crippen LogP contribution in [0.3, 0.4) is 0 Å². The fourth-order valence-electron chi connectivity index (χ4n) is 2.58. The van der Waals surface area contributed by atoms with Gasteiger partial charge in [-0.25, -0.2) is 5.01 Å². The first-order valence-electron chi connectivity index (χ1n) is 7.51. The molecule has 0 aromatic heterocycles. The van der Waals surface area contributed by atoms with Crippen molar-refractivity contribution in [2.75, 3.05) is 56.9 Å². The molecule has 0 bridgehead atoms. The zero-order valence-corrected chi connectivity index (χ0v) is 13.2. The normalized spacial score (nSPS) is 16.2. The monoisotopic (exact) mass is 277 g/mol. The van der Waals surface area contributed by atoms with Crippen molar-refractivity contribution in [3.8, 4) is 0 Å². The van der Waals surface area contributed by atoms with Gasteiger partial charge in [0.25, 0.3) is 0 Å². The van der Waals surface area contributed by atoms with Crippen LogP contribution in [0.5, 0.6) is 0 Å². The van der Waals surface area contributed by atoms with E-state index in [2.05, 4.69) is 61.1 Å². The van der Waals surface area contributed by atoms with E-state index in [0.29, 0.717) is 0 Å². The van der Waals surface area contributed by atoms with Gasteiger partial charge in [-0.15, -0.1) is 0 Å². The van der Waals surface area contributed by atoms with Crippen LogP contribution in [0.2, 0.25) is 0 Å². The lowest BCUT2D eigenvalue weighted by Gasteiger charge is -2.39. The van der Waals surface area contributed by atoms with Gasteiger partial charge in [-0.3, -0.25) is 0 Å². The maximum Gasteiger partial charge on any atom is 0.0612 e. The summed E-state index contributed by atoms with van der Waals surface area (Å²) < 4.78 is 5.48. The van der Waals surface area contributed by atoms with Gasteiger partial charge in [0, 0.05) is 39.4 Å². The van der Waals surface area contributed by atoms with Crippen LogP contribution in [0.25, 0.3) is 0 Å². The average molecular weight is 277 g/mol. The molecule has 112 valence electrons. The van der Waals surface area contributed by atoms with E-state index in [4.69, 9.17) is 4.74 Å². The van der Waals surface area contributed by atoms with E-state index in [-0.39, 0.29) is 0 Å². The van der Waals surface area contributed by atoms with E-state index in [1.807, 2.05) is 0 Å². The number of hydrogen-bond acceptors (Lipinski definition) is 4. The summed E-state index contributed by atoms with van der Waals surface area (Å²) in [7, 11) is 4.18. The minimum atomic E-state index is 0.826. The van der Waals surface area contributed by atoms with E-state index in [9.17, 15) is 0 Å². The van der Waals surface area contributed by atoms with Crippen molar-refractivity contribution in [3.05, 3.63) is 23.8 Å². The number of hydrazine groups is 1. The quantitative estimate of drug-likeness (QED) is 0.823. The van der Waals surface area contributed by atoms with E-state index in [1.54, 1.807) is 0 Å². The van der Waals surface area contributed by atoms with Gasteiger partial charge in [0.2, 0.25) is 0 Å². The number of nitrogens with zero attached hydrogens (tertiary/aromatic N) is 3. The first-order valence-corrected chi connectivity index (χ1v) is 7.51. The summed E-state index contributed by atoms with van der Waals surface area (Å²) >= 11 is 0. The van der Waals surface area contributed by atoms with Gasteiger partial charge in [0.1, 0.15) is 0 Å². The molecule has 20 heavy (non-hydrogen) atoms. The molecule has 0 N–H and O–H groups in total. The molecule has 1 aromatic carbocycles. The molecule has 1 aromatic rings. The van der Waals surface area contributed by atoms with E-state index < -0.39 is 0 Å². The molecule has 1 aliphatic heterocycles. The standard InChI is InChI=1S/C16H27N3O/c1-5-8-19(18-9-11-20-12-10-18)16-13-15(17(3)4)7-6-14(16)2/h6-7,13H,5,8-12H2,1-4H3. The third-order valence-electron chi connectivity index (χ3n) is 3.75. The Hall–Kier alpha value is -1.26. The fraction of sp³-hybridized carbons (Fsp3) is 0.625. The van der Waals surface area contributed by atoms with Crippen LogP contribution < -0.4 is 9.91 Å². The molecule has 1 heterocycles. The van der Waals surface area contributed by atoms with Crippen LogP contribution in [0.4, 0.5) is 11.4 Å². The highest BCUT2D eigenvalue weighted by Gasteiger charge is 2.20. The van der Waals surface area contributed by atoms with Crippen LogP contribution in [0, 0.1) is 6.92 Å². The first kappa shape index (κ1) is 15.1. The summed E-state index contributed by atoms with van der Waals surface area (Å²) in [5, 5.41) is 4.86. The number of rotatable bonds is 5. The Kier molecular flexibility index (Phi) is 5.26. The zero-order valence-electron chi connectivity index (χ0n) is 13.2. The molecule has 0 spiro atoms. The Morgan fingerprint density at radius 3 is 2.50 bits per heavy atom. The largest absolute Gasteiger partial charge is 0.379 e. The highest BCUT2D eigenvalue weighted by atomic mass is 16.5. The summed E-state index contributed by atoms with van der Waals surface area (Å²) in [6.45, 7) is 9.09. The second-order valence-corrected chi connectivity index (χ2v) is 5.55. The van der Waals surface area contributed by atoms with Gasteiger partial charge < -0.3 is 14.6 Å². The van der Waals surface area contributed by atoms with Gasteiger partial charge in [0.05, 0.1) is 18.9 Å². The van der Waals surface area contributed by atoms with Gasteiger partial charge in [-0.1, -0.05) is 13.0 Å². The maximum atomic E-state index is 5.48. The minimum absolute atomic E-state index is 0.826. The van der Waals surface area contributed by atoms with E-state index in [1.165, 1.54) is 16.9 Å². The maximum absolute atomic E-state index is 5.48. The molecular weight excluding hydrogens is 250 g/mol. The third-order valence-corrected chi connectivity index (χ3v) is 3.75. The van der Waals surface area contributed by atoms with Crippen molar-refractivity contribution in [1.82, 2.24) is 5.01 Å². The number of hydrogen-bond donors (Lipinski definition) is 0. The molecule has 1 saturated heterocycles. The summed E-state index contributed by atoms with van der Waals surface area (Å²) in [4.78, 5) is 2.16. The van der Waals surface area contributed by atoms with Crippen LogP contribution >= 0.6 is 0 Å². The highest BCUT2D eigenvalue weighted by Crippen LogP contribution is 2.27. The molecule has 0 saturated carbocycles. The van der Waals surface area contributed by atoms with Crippen LogP contribution in [0.1, 0.15) is 18.9 Å². The molecule has 4 nitrogen and oxygen atoms in total. The predicted octanol–water partition coefficient (Wildman–Crippen LogP) is 2.52. The van der Waals surface area contributed by atoms with Gasteiger partial charge in [0.15, 0.2) is 0 Å². The van der Waals surface area contributed by atoms with Crippen molar-refractivity contribution >= 4 is 11.4 Å². The summed E-state index contributed by atoms with van der Waals surface area (Å²) in [6.07, 6.45) is 1.14. The lowest BCUT2D eigenvalue weighted by atomic mass is 10.1. The Morgan fingerprint density at radius 2 is 1.90 bits per heavy atom. The Balaban J connectivity index is 2.29. The lowest BCUT2D eigenvalue weighted by Crippen LogP contribution is -2.49. The van der Waals surface area contributed by atoms with Crippen molar-refractivity contribution in [2.24, 2.45) is 0 Å². The molecule has 0 radical (unpaired) electrons. The second kappa shape index (κ2) is 6.95. The first-order chi connectivity index (χ1) is 9.63. The summed E-state index contributed by atoms with van der Waals surface area (Å²) in [6, 6.07) is 6.69. The average Bonchev–Trinajstić information content (AvgIpc) is 2.46. The van der Waals surface area contributed by atoms with Crippen molar-refractivity contribution < 1.29 is 4.74 Å². The van der Waals surface area contributed by atoms with Crippen molar-refractivity contribution in [2.45, 2.75) is 20.3 Å². The minimum Gasteiger partial charge on any atom is -0.379 e. The molecule has 1 fully saturated rings. The van der Waals surface area contributed by atoms with Crippen molar-refractivity contribution in [3.63, 3.8) is 0 Å². The number of aryl methyl sites for hydroxylation is 1. The SMILES string of the molecule is CCCN(c1cc(N(C)C)ccc1C)N1CCOCC1. The van der Waals surface area contributed by atoms with Gasteiger partial charge >= 0.3 is 0 Å². The number of anilines is 2. The Morgan fingerprint density at radius 1 is 1.20 bits per heavy atom. The summed E-state index contributed by atoms with van der Waals surface area (Å²) in [5.74, 6) is 0. The third kappa shape index (κ3) is 3.44. The fourth-order valence-corrected chi connectivity index (χ4v) is 2.58. The van der Waals surface area contributed by atoms with Crippen LogP contribution in [-0.2, 0) is 4.74 Å². The highest BCUT2D eigenvalue weighted by molar-refractivity contribution is 5.62. The summed E-state index contributed by atoms with van der Waals surface area (Å²) in [5.41, 5.74) is 3.90. The van der Waals surface area contributed by atoms with Crippen LogP contribution in [-0.4, -0.2) is 52.0 Å². The molecule has 0 unspecified atom stereocenters. The van der Waals surface area contributed by atoms with Gasteiger partial charge in [-0.2, -0.15) is 0 Å². The molecule has 0 aliphatic carbocycles. The zero-order chi connectivity index (χ0) is 14.5. The lowest BCUT2D eigenvalue weighted by molar-refractivity contribution is 0.0316. The molecule has 2 rings (SSSR count). The molecule has 0 amide bonds. The topological polar surface area (TPSA) is 19.0 Å². The van der Waals surface area contributed by atoms with Crippen molar-refractivity contribution in [1.29, 1.82) is 0 Å². The van der Waals surface area contributed by atoms with Crippen LogP contribution in [0.15, 0.2) is 18.2 Å². The van der Waals surface area contributed by atoms with Gasteiger partial charge in [-0.05, 0) is 31.0 Å². The molecule has 0 atom stereocenters. The van der Waals surface area contributed by atoms with E-state index in [0.717, 1.165) is 39.3 Å². The molecule has 1 aliphatic rings. The number of benzene rings is 1. The Labute approximate surface area is 122 Å². The second-order valence-electron chi connectivity index (χ2n) is 5.55. The molecular formula is C16H27N3O. The number of morpholine rings is 1. The van der Waals surface area contributed by atoms with E-state index >= 15 is 0 Å². The molecule has 4 heteroatoms. The smallest absolute Gasteiger partial charge is 0.0612 e. The number of ether oxygens (including phenoxy) is 1.